The fraction of sp³-hybridized carbons (Fsp3) is 0.632. The Balaban J connectivity index is 1.37. The molecule has 10 fully saturated rings. The van der Waals surface area contributed by atoms with Crippen molar-refractivity contribution in [2.45, 2.75) is 47.2 Å². The van der Waals surface area contributed by atoms with Crippen LogP contribution in [0.1, 0.15) is 10.4 Å². The van der Waals surface area contributed by atoms with Crippen molar-refractivity contribution in [3.8, 4) is 0 Å². The van der Waals surface area contributed by atoms with E-state index in [4.69, 9.17) is 4.74 Å². The van der Waals surface area contributed by atoms with Gasteiger partial charge in [-0.25, -0.2) is 0 Å². The third-order valence-electron chi connectivity index (χ3n) is 16.9. The predicted octanol–water partition coefficient (Wildman–Crippen LogP) is 4.65. The molecule has 0 saturated carbocycles. The minimum absolute atomic E-state index is 0.300. The van der Waals surface area contributed by atoms with Gasteiger partial charge in [-0.15, -0.1) is 0 Å². The Morgan fingerprint density at radius 2 is 1.64 bits per heavy atom. The second kappa shape index (κ2) is 0.877. The number of methoxy groups -OCH3 is 1. The first-order valence-electron chi connectivity index (χ1n) is 8.81. The van der Waals surface area contributed by atoms with Crippen LogP contribution in [0.5, 0.6) is 0 Å². The van der Waals surface area contributed by atoms with Crippen molar-refractivity contribution in [3.05, 3.63) is 35.9 Å². The van der Waals surface area contributed by atoms with Gasteiger partial charge in [0.2, 0.25) is 0 Å². The molecular formula is C19H18FeO2. The summed E-state index contributed by atoms with van der Waals surface area (Å²) in [5.41, 5.74) is 1.04. The predicted molar refractivity (Wildman–Crippen MR) is 78.0 cm³/mol. The van der Waals surface area contributed by atoms with Gasteiger partial charge >= 0.3 is 119 Å². The van der Waals surface area contributed by atoms with Crippen LogP contribution in [0.15, 0.2) is 30.3 Å². The van der Waals surface area contributed by atoms with Crippen molar-refractivity contribution in [3.63, 3.8) is 0 Å². The van der Waals surface area contributed by atoms with E-state index in [0.29, 0.717) is 14.4 Å². The van der Waals surface area contributed by atoms with Gasteiger partial charge in [0.1, 0.15) is 0 Å². The van der Waals surface area contributed by atoms with Crippen LogP contribution >= 0.6 is 0 Å². The summed E-state index contributed by atoms with van der Waals surface area (Å²) in [5, 5.41) is 0. The van der Waals surface area contributed by atoms with E-state index in [2.05, 4.69) is 24.3 Å². The van der Waals surface area contributed by atoms with E-state index in [0.717, 1.165) is 50.7 Å². The molecule has 2 nitrogen and oxygen atoms in total. The van der Waals surface area contributed by atoms with Crippen LogP contribution < -0.4 is 0 Å². The summed E-state index contributed by atoms with van der Waals surface area (Å²) < 4.78 is 6.80. The van der Waals surface area contributed by atoms with E-state index in [9.17, 15) is 4.79 Å². The standard InChI is InChI=1S/C12H9O.C7H9O.Fe/c13-12(11-8-4-5-9-11)10-6-2-1-3-7-10;1-8-6-7-4-2-3-5-7;/h1-9H;2-5H,6H2,1H3;. The van der Waals surface area contributed by atoms with Crippen molar-refractivity contribution < 1.29 is 16.0 Å². The molecule has 10 aliphatic rings. The molecule has 0 bridgehead atoms. The van der Waals surface area contributed by atoms with E-state index in [1.54, 1.807) is 0 Å². The molecule has 8 atom stereocenters. The summed E-state index contributed by atoms with van der Waals surface area (Å²) in [6.45, 7) is -2.51. The van der Waals surface area contributed by atoms with Gasteiger partial charge < -0.3 is 0 Å². The Morgan fingerprint density at radius 1 is 1.05 bits per heavy atom. The summed E-state index contributed by atoms with van der Waals surface area (Å²) >= 11 is 0. The molecule has 3 heteroatoms. The Bertz CT molecular complexity index is 1310. The van der Waals surface area contributed by atoms with E-state index in [-0.39, 0.29) is 0 Å². The van der Waals surface area contributed by atoms with Crippen molar-refractivity contribution >= 4 is 5.78 Å². The van der Waals surface area contributed by atoms with Crippen molar-refractivity contribution in [1.82, 2.24) is 0 Å². The number of ether oxygens (including phenoxy) is 1. The zero-order valence-electron chi connectivity index (χ0n) is 12.4. The van der Waals surface area contributed by atoms with Crippen molar-refractivity contribution in [2.75, 3.05) is 13.7 Å². The molecule has 8 unspecified atom stereocenters. The average Bonchev–Trinajstić information content (AvgIpc) is 3.49. The van der Waals surface area contributed by atoms with Gasteiger partial charge in [-0.3, -0.25) is 0 Å². The van der Waals surface area contributed by atoms with Crippen LogP contribution in [0.25, 0.3) is 0 Å². The number of carbonyl (C=O) groups excluding carboxylic acids is 1. The fourth-order valence-electron chi connectivity index (χ4n) is 19.0. The molecule has 0 amide bonds. The molecule has 0 radical (unpaired) electrons. The van der Waals surface area contributed by atoms with E-state index >= 15 is 0 Å². The molecule has 0 N–H and O–H groups in total. The third-order valence-corrected chi connectivity index (χ3v) is 60.1. The normalized spacial score (nSPS) is 97.9. The second-order valence-electron chi connectivity index (χ2n) is 12.1. The van der Waals surface area contributed by atoms with Crippen molar-refractivity contribution in [1.29, 1.82) is 0 Å². The molecule has 114 valence electrons. The number of carbonyl (C=O) groups is 1. The molecule has 11 rings (SSSR count). The topological polar surface area (TPSA) is 26.3 Å². The molecular weight excluding hydrogens is 316 g/mol. The molecule has 10 saturated heterocycles. The summed E-state index contributed by atoms with van der Waals surface area (Å²) in [4.78, 5) is 22.6. The molecule has 0 aliphatic carbocycles. The zero-order chi connectivity index (χ0) is 14.0. The van der Waals surface area contributed by atoms with Crippen LogP contribution in [-0.2, 0) is 11.2 Å². The Hall–Kier alpha value is -0.631. The number of Topliss-reactive ketones (excluding diaryl/α,β-unsaturated/α-hetero) is 1. The molecule has 1 aromatic carbocycles. The van der Waals surface area contributed by atoms with Crippen LogP contribution in [0.2, 0.25) is 47.2 Å². The number of hydrogen-bond acceptors (Lipinski definition) is 2. The fourth-order valence-corrected chi connectivity index (χ4v) is 95.2. The molecule has 10 heterocycles. The van der Waals surface area contributed by atoms with Gasteiger partial charge in [-0.2, -0.15) is 0 Å². The first kappa shape index (κ1) is 9.01. The maximum absolute atomic E-state index is 13.7. The number of ketones is 1. The van der Waals surface area contributed by atoms with Gasteiger partial charge in [0, 0.05) is 0 Å². The van der Waals surface area contributed by atoms with Crippen molar-refractivity contribution in [2.24, 2.45) is 0 Å². The quantitative estimate of drug-likeness (QED) is 0.592. The van der Waals surface area contributed by atoms with Gasteiger partial charge in [0.25, 0.3) is 0 Å². The number of hydrogen-bond donors (Lipinski definition) is 0. The van der Waals surface area contributed by atoms with Gasteiger partial charge in [-0.05, 0) is 0 Å². The van der Waals surface area contributed by atoms with Crippen LogP contribution in [0.4, 0.5) is 0 Å². The minimum atomic E-state index is -3.56. The molecule has 1 spiro atoms. The third kappa shape index (κ3) is 0.107. The number of benzene rings is 1. The first-order valence-corrected chi connectivity index (χ1v) is 15.0. The van der Waals surface area contributed by atoms with Crippen LogP contribution in [-0.4, -0.2) is 19.5 Å². The van der Waals surface area contributed by atoms with Crippen LogP contribution in [0, 0.1) is 0 Å². The van der Waals surface area contributed by atoms with E-state index < -0.39 is 6.51 Å². The van der Waals surface area contributed by atoms with Gasteiger partial charge in [0.15, 0.2) is 0 Å². The summed E-state index contributed by atoms with van der Waals surface area (Å²) in [5.74, 6) is 0.634. The zero-order valence-corrected chi connectivity index (χ0v) is 13.5. The second-order valence-corrected chi connectivity index (χ2v) is 35.4. The average molecular weight is 334 g/mol. The molecule has 0 aromatic heterocycles. The Kier molecular flexibility index (Phi) is 0.359. The number of fused-ring (bicyclic) bond motifs is 10. The van der Waals surface area contributed by atoms with Gasteiger partial charge in [-0.1, -0.05) is 0 Å². The SMILES string of the molecule is COC[C]12[CH]3[CH]4[CH]5[CH]1[Fe]45321678[CH]2[CH]1[CH]6[C]7(C(=O)c1ccccc1)[CH]28. The first-order chi connectivity index (χ1) is 10.5. The van der Waals surface area contributed by atoms with Crippen LogP contribution in [0.3, 0.4) is 0 Å². The van der Waals surface area contributed by atoms with E-state index in [1.807, 2.05) is 13.2 Å². The Morgan fingerprint density at radius 3 is 2.14 bits per heavy atom. The molecule has 10 aliphatic heterocycles. The number of rotatable bonds is 4. The summed E-state index contributed by atoms with van der Waals surface area (Å²) in [6, 6.07) is 10.3. The summed E-state index contributed by atoms with van der Waals surface area (Å²) in [7, 11) is 1.91. The summed E-state index contributed by atoms with van der Waals surface area (Å²) in [6.07, 6.45) is 0. The van der Waals surface area contributed by atoms with E-state index in [1.165, 1.54) is 0 Å². The Labute approximate surface area is 118 Å². The molecule has 22 heavy (non-hydrogen) atoms. The molecule has 1 aromatic rings. The maximum atomic E-state index is 13.7. The van der Waals surface area contributed by atoms with Gasteiger partial charge in [0.05, 0.1) is 0 Å². The monoisotopic (exact) mass is 334 g/mol.